The minimum atomic E-state index is -0.578. The molecule has 2 nitrogen and oxygen atoms in total. The number of aromatic nitrogens is 1. The summed E-state index contributed by atoms with van der Waals surface area (Å²) in [5, 5.41) is 11.2. The third kappa shape index (κ3) is 5.00. The van der Waals surface area contributed by atoms with Crippen molar-refractivity contribution in [1.29, 1.82) is 0 Å². The Bertz CT molecular complexity index is 833. The van der Waals surface area contributed by atoms with Gasteiger partial charge in [-0.25, -0.2) is 17.1 Å². The number of aliphatic hydroxyl groups excluding tert-OH is 1. The largest absolute Gasteiger partial charge is 0.747 e. The van der Waals surface area contributed by atoms with Crippen LogP contribution in [0, 0.1) is 6.92 Å². The molecule has 0 aliphatic rings. The van der Waals surface area contributed by atoms with Crippen LogP contribution in [0.25, 0.3) is 10.6 Å². The summed E-state index contributed by atoms with van der Waals surface area (Å²) in [6.45, 7) is 2.07. The molecule has 0 spiro atoms. The van der Waals surface area contributed by atoms with Gasteiger partial charge in [-0.05, 0) is 12.5 Å². The summed E-state index contributed by atoms with van der Waals surface area (Å²) in [4.78, 5) is 5.32. The fourth-order valence-electron chi connectivity index (χ4n) is 2.41. The molecule has 0 saturated heterocycles. The first-order valence-electron chi connectivity index (χ1n) is 7.84. The van der Waals surface area contributed by atoms with Crippen molar-refractivity contribution < 1.29 is 22.2 Å². The van der Waals surface area contributed by atoms with Gasteiger partial charge < -0.3 is 34.9 Å². The Kier molecular flexibility index (Phi) is 7.35. The Morgan fingerprint density at radius 2 is 1.76 bits per heavy atom. The average molecular weight is 389 g/mol. The zero-order valence-electron chi connectivity index (χ0n) is 13.8. The molecule has 4 heteroatoms. The topological polar surface area (TPSA) is 33.1 Å². The Hall–Kier alpha value is -1.97. The molecule has 25 heavy (non-hydrogen) atoms. The Morgan fingerprint density at radius 3 is 2.36 bits per heavy atom. The van der Waals surface area contributed by atoms with Gasteiger partial charge in [0.2, 0.25) is 0 Å². The molecule has 0 radical (unpaired) electrons. The molecule has 0 saturated carbocycles. The molecule has 0 bridgehead atoms. The van der Waals surface area contributed by atoms with Crippen LogP contribution in [0.4, 0.5) is 0 Å². The summed E-state index contributed by atoms with van der Waals surface area (Å²) in [6, 6.07) is 25.9. The molecule has 0 amide bonds. The van der Waals surface area contributed by atoms with E-state index >= 15 is 0 Å². The van der Waals surface area contributed by atoms with Gasteiger partial charge in [0.25, 0.3) is 0 Å². The van der Waals surface area contributed by atoms with E-state index in [4.69, 9.17) is 0 Å². The number of aryl methyl sites for hydroxylation is 1. The molecule has 1 aromatic heterocycles. The zero-order chi connectivity index (χ0) is 16.8. The van der Waals surface area contributed by atoms with Crippen molar-refractivity contribution in [2.24, 2.45) is 0 Å². The second kappa shape index (κ2) is 9.50. The van der Waals surface area contributed by atoms with Crippen LogP contribution in [0.5, 0.6) is 0 Å². The van der Waals surface area contributed by atoms with Crippen LogP contribution in [0.15, 0.2) is 85.1 Å². The third-order valence-electron chi connectivity index (χ3n) is 3.73. The third-order valence-corrected chi connectivity index (χ3v) is 4.81. The number of nitrogens with zero attached hydrogens (tertiary/aromatic N) is 1. The molecule has 134 valence electrons. The van der Waals surface area contributed by atoms with Crippen molar-refractivity contribution in [3.05, 3.63) is 101 Å². The molecule has 0 aliphatic heterocycles. The summed E-state index contributed by atoms with van der Waals surface area (Å²) >= 11 is 1.55. The van der Waals surface area contributed by atoms with E-state index in [2.05, 4.69) is 24.0 Å². The quantitative estimate of drug-likeness (QED) is 0.380. The summed E-state index contributed by atoms with van der Waals surface area (Å²) in [7, 11) is 0. The van der Waals surface area contributed by atoms with E-state index in [1.807, 2.05) is 66.7 Å². The van der Waals surface area contributed by atoms with Gasteiger partial charge in [-0.2, -0.15) is 18.2 Å². The Balaban J connectivity index is 0.000000325. The summed E-state index contributed by atoms with van der Waals surface area (Å²) in [5.74, 6) is 0. The van der Waals surface area contributed by atoms with E-state index in [0.717, 1.165) is 21.0 Å². The molecule has 4 aromatic rings. The van der Waals surface area contributed by atoms with Crippen molar-refractivity contribution in [3.8, 4) is 10.6 Å². The standard InChI is InChI=1S/C16H14NOS.C5H5.Fe/c1-11-6-2-5-9-13(11)16-17-10-14(19-16)15(18)12-7-3-4-8-12;1-2-4-5-3-1;/h2-10,15,18H,1H3;1-5H;/q-5;-1;. The number of rotatable bonds is 3. The van der Waals surface area contributed by atoms with Crippen molar-refractivity contribution in [3.63, 3.8) is 0 Å². The molecule has 1 atom stereocenters. The molecular formula is C21H19FeNOS-6. The second-order valence-corrected chi connectivity index (χ2v) is 6.53. The minimum absolute atomic E-state index is 0. The fraction of sp³-hybridized carbons (Fsp3) is 0.0952. The van der Waals surface area contributed by atoms with Crippen LogP contribution in [0.1, 0.15) is 22.1 Å². The molecule has 1 N–H and O–H groups in total. The normalized spacial score (nSPS) is 11.1. The van der Waals surface area contributed by atoms with E-state index in [1.54, 1.807) is 17.5 Å². The second-order valence-electron chi connectivity index (χ2n) is 5.47. The van der Waals surface area contributed by atoms with Crippen LogP contribution in [-0.2, 0) is 17.1 Å². The first-order chi connectivity index (χ1) is 11.8. The smallest absolute Gasteiger partial charge is 0.123 e. The van der Waals surface area contributed by atoms with E-state index in [1.165, 1.54) is 5.56 Å². The molecule has 0 fully saturated rings. The van der Waals surface area contributed by atoms with Gasteiger partial charge >= 0.3 is 0 Å². The summed E-state index contributed by atoms with van der Waals surface area (Å²) in [6.07, 6.45) is 1.19. The van der Waals surface area contributed by atoms with Crippen LogP contribution in [-0.4, -0.2) is 10.1 Å². The number of benzene rings is 1. The maximum Gasteiger partial charge on any atom is 0.123 e. The van der Waals surface area contributed by atoms with Crippen LogP contribution < -0.4 is 0 Å². The first-order valence-corrected chi connectivity index (χ1v) is 8.65. The zero-order valence-corrected chi connectivity index (χ0v) is 15.7. The van der Waals surface area contributed by atoms with Gasteiger partial charge in [-0.3, -0.25) is 0 Å². The fourth-order valence-corrected chi connectivity index (χ4v) is 3.43. The maximum absolute atomic E-state index is 10.3. The molecule has 1 heterocycles. The van der Waals surface area contributed by atoms with Gasteiger partial charge in [0.15, 0.2) is 0 Å². The van der Waals surface area contributed by atoms with Gasteiger partial charge in [0.1, 0.15) is 5.01 Å². The van der Waals surface area contributed by atoms with Gasteiger partial charge in [0.05, 0.1) is 0 Å². The predicted octanol–water partition coefficient (Wildman–Crippen LogP) is 5.32. The van der Waals surface area contributed by atoms with Crippen molar-refractivity contribution >= 4 is 11.3 Å². The number of hydrogen-bond donors (Lipinski definition) is 1. The SMILES string of the molecule is Cc1ccccc1-c1ncc(C(O)[c-]2[cH-][cH-][cH-][cH-]2)s1.[Fe].c1cc[cH-]c1. The Morgan fingerprint density at radius 1 is 1.08 bits per heavy atom. The van der Waals surface area contributed by atoms with Crippen molar-refractivity contribution in [1.82, 2.24) is 4.98 Å². The molecule has 4 rings (SSSR count). The summed E-state index contributed by atoms with van der Waals surface area (Å²) < 4.78 is 0. The predicted molar refractivity (Wildman–Crippen MR) is 100 cm³/mol. The number of hydrogen-bond acceptors (Lipinski definition) is 3. The van der Waals surface area contributed by atoms with Gasteiger partial charge in [-0.15, -0.1) is 11.3 Å². The Labute approximate surface area is 163 Å². The van der Waals surface area contributed by atoms with Gasteiger partial charge in [-0.1, -0.05) is 30.4 Å². The van der Waals surface area contributed by atoms with Gasteiger partial charge in [0, 0.05) is 33.7 Å². The molecule has 0 aliphatic carbocycles. The van der Waals surface area contributed by atoms with Crippen LogP contribution in [0.3, 0.4) is 0 Å². The maximum atomic E-state index is 10.3. The van der Waals surface area contributed by atoms with Crippen molar-refractivity contribution in [2.75, 3.05) is 0 Å². The minimum Gasteiger partial charge on any atom is -0.747 e. The average Bonchev–Trinajstić information content (AvgIpc) is 3.38. The molecule has 3 aromatic carbocycles. The molecule has 1 unspecified atom stereocenters. The van der Waals surface area contributed by atoms with E-state index < -0.39 is 6.10 Å². The van der Waals surface area contributed by atoms with E-state index in [-0.39, 0.29) is 17.1 Å². The van der Waals surface area contributed by atoms with Crippen LogP contribution in [0.2, 0.25) is 0 Å². The van der Waals surface area contributed by atoms with E-state index in [9.17, 15) is 5.11 Å². The van der Waals surface area contributed by atoms with Crippen molar-refractivity contribution in [2.45, 2.75) is 13.0 Å². The molecular weight excluding hydrogens is 370 g/mol. The van der Waals surface area contributed by atoms with E-state index in [0.29, 0.717) is 0 Å². The summed E-state index contributed by atoms with van der Waals surface area (Å²) in [5.41, 5.74) is 3.25. The number of thiazole rings is 1. The first kappa shape index (κ1) is 19.4. The number of aliphatic hydroxyl groups is 1. The monoisotopic (exact) mass is 389 g/mol. The van der Waals surface area contributed by atoms with Crippen LogP contribution >= 0.6 is 11.3 Å².